The first-order valence-corrected chi connectivity index (χ1v) is 4.39. The van der Waals surface area contributed by atoms with E-state index in [1.165, 1.54) is 11.0 Å². The zero-order chi connectivity index (χ0) is 9.97. The number of aromatic nitrogens is 3. The summed E-state index contributed by atoms with van der Waals surface area (Å²) in [6.07, 6.45) is 3.08. The van der Waals surface area contributed by atoms with E-state index in [1.807, 2.05) is 19.1 Å². The van der Waals surface area contributed by atoms with Crippen LogP contribution in [-0.2, 0) is 0 Å². The Hall–Kier alpha value is -1.69. The second-order valence-corrected chi connectivity index (χ2v) is 3.09. The number of aromatic amines is 1. The van der Waals surface area contributed by atoms with Crippen LogP contribution in [0.15, 0.2) is 28.0 Å². The van der Waals surface area contributed by atoms with Gasteiger partial charge < -0.3 is 4.42 Å². The number of hydrogen-bond acceptors (Lipinski definition) is 4. The van der Waals surface area contributed by atoms with Gasteiger partial charge in [0.1, 0.15) is 17.8 Å². The molecule has 0 radical (unpaired) electrons. The molecular weight excluding hydrogens is 200 g/mol. The molecule has 72 valence electrons. The first-order chi connectivity index (χ1) is 6.75. The number of rotatable bonds is 2. The third-order valence-corrected chi connectivity index (χ3v) is 1.88. The number of nitrogens with one attached hydrogen (secondary N) is 1. The third-order valence-electron chi connectivity index (χ3n) is 1.61. The third kappa shape index (κ3) is 1.80. The molecule has 5 nitrogen and oxygen atoms in total. The molecule has 0 atom stereocenters. The molecular formula is C8H8N4OS. The Morgan fingerprint density at radius 3 is 3.07 bits per heavy atom. The van der Waals surface area contributed by atoms with Crippen molar-refractivity contribution in [1.29, 1.82) is 0 Å². The summed E-state index contributed by atoms with van der Waals surface area (Å²) in [6.45, 7) is 1.88. The second kappa shape index (κ2) is 3.59. The molecule has 2 aromatic heterocycles. The van der Waals surface area contributed by atoms with Gasteiger partial charge in [-0.1, -0.05) is 0 Å². The first kappa shape index (κ1) is 8.89. The SMILES string of the molecule is Cc1ccc(/C=N\n2cn[nH]c2=S)o1. The number of nitrogens with zero attached hydrogens (tertiary/aromatic N) is 3. The normalized spacial score (nSPS) is 11.2. The van der Waals surface area contributed by atoms with E-state index in [-0.39, 0.29) is 0 Å². The molecule has 0 saturated heterocycles. The Labute approximate surface area is 85.1 Å². The van der Waals surface area contributed by atoms with Crippen molar-refractivity contribution >= 4 is 18.4 Å². The average Bonchev–Trinajstić information content (AvgIpc) is 2.72. The van der Waals surface area contributed by atoms with E-state index < -0.39 is 0 Å². The lowest BCUT2D eigenvalue weighted by molar-refractivity contribution is 0.527. The minimum Gasteiger partial charge on any atom is -0.460 e. The van der Waals surface area contributed by atoms with Gasteiger partial charge in [0.2, 0.25) is 4.77 Å². The smallest absolute Gasteiger partial charge is 0.216 e. The zero-order valence-electron chi connectivity index (χ0n) is 7.47. The van der Waals surface area contributed by atoms with E-state index in [9.17, 15) is 0 Å². The van der Waals surface area contributed by atoms with Crippen molar-refractivity contribution in [3.8, 4) is 0 Å². The molecule has 1 N–H and O–H groups in total. The Morgan fingerprint density at radius 2 is 2.50 bits per heavy atom. The van der Waals surface area contributed by atoms with Gasteiger partial charge in [-0.25, -0.2) is 0 Å². The molecule has 0 aromatic carbocycles. The van der Waals surface area contributed by atoms with Gasteiger partial charge in [0, 0.05) is 0 Å². The van der Waals surface area contributed by atoms with Gasteiger partial charge in [-0.2, -0.15) is 14.9 Å². The topological polar surface area (TPSA) is 59.1 Å². The van der Waals surface area contributed by atoms with E-state index in [0.29, 0.717) is 10.5 Å². The molecule has 0 fully saturated rings. The van der Waals surface area contributed by atoms with Gasteiger partial charge in [-0.3, -0.25) is 5.10 Å². The molecule has 0 aliphatic carbocycles. The molecule has 0 unspecified atom stereocenters. The molecule has 0 aliphatic heterocycles. The summed E-state index contributed by atoms with van der Waals surface area (Å²) < 4.78 is 7.19. The highest BCUT2D eigenvalue weighted by Gasteiger charge is 1.94. The van der Waals surface area contributed by atoms with Crippen LogP contribution in [0.1, 0.15) is 11.5 Å². The second-order valence-electron chi connectivity index (χ2n) is 2.70. The van der Waals surface area contributed by atoms with Crippen LogP contribution in [-0.4, -0.2) is 21.1 Å². The number of H-pyrrole nitrogens is 1. The first-order valence-electron chi connectivity index (χ1n) is 3.98. The van der Waals surface area contributed by atoms with Crippen molar-refractivity contribution in [3.63, 3.8) is 0 Å². The van der Waals surface area contributed by atoms with Crippen LogP contribution in [0.3, 0.4) is 0 Å². The zero-order valence-corrected chi connectivity index (χ0v) is 8.28. The molecule has 2 rings (SSSR count). The molecule has 6 heteroatoms. The van der Waals surface area contributed by atoms with Gasteiger partial charge in [-0.15, -0.1) is 0 Å². The van der Waals surface area contributed by atoms with Gasteiger partial charge in [-0.05, 0) is 31.3 Å². The van der Waals surface area contributed by atoms with E-state index in [4.69, 9.17) is 16.6 Å². The summed E-state index contributed by atoms with van der Waals surface area (Å²) in [5.41, 5.74) is 0. The van der Waals surface area contributed by atoms with Crippen LogP contribution in [0.4, 0.5) is 0 Å². The van der Waals surface area contributed by atoms with Gasteiger partial charge in [0.15, 0.2) is 0 Å². The van der Waals surface area contributed by atoms with Crippen LogP contribution in [0.25, 0.3) is 0 Å². The van der Waals surface area contributed by atoms with Crippen molar-refractivity contribution in [1.82, 2.24) is 14.9 Å². The fourth-order valence-corrected chi connectivity index (χ4v) is 1.11. The Balaban J connectivity index is 2.23. The molecule has 0 amide bonds. The Morgan fingerprint density at radius 1 is 1.64 bits per heavy atom. The fraction of sp³-hybridized carbons (Fsp3) is 0.125. The summed E-state index contributed by atoms with van der Waals surface area (Å²) in [6, 6.07) is 3.71. The van der Waals surface area contributed by atoms with Crippen LogP contribution >= 0.6 is 12.2 Å². The molecule has 0 spiro atoms. The molecule has 0 saturated carbocycles. The minimum atomic E-state index is 0.449. The van der Waals surface area contributed by atoms with Crippen LogP contribution in [0.2, 0.25) is 0 Å². The van der Waals surface area contributed by atoms with Gasteiger partial charge in [0.05, 0.1) is 6.21 Å². The highest BCUT2D eigenvalue weighted by atomic mass is 32.1. The molecule has 14 heavy (non-hydrogen) atoms. The van der Waals surface area contributed by atoms with E-state index >= 15 is 0 Å². The molecule has 0 bridgehead atoms. The van der Waals surface area contributed by atoms with Crippen molar-refractivity contribution in [3.05, 3.63) is 34.8 Å². The number of furan rings is 1. The highest BCUT2D eigenvalue weighted by molar-refractivity contribution is 7.71. The lowest BCUT2D eigenvalue weighted by atomic mass is 10.4. The summed E-state index contributed by atoms with van der Waals surface area (Å²) in [4.78, 5) is 0. The predicted molar refractivity (Wildman–Crippen MR) is 53.8 cm³/mol. The maximum Gasteiger partial charge on any atom is 0.216 e. The van der Waals surface area contributed by atoms with Crippen LogP contribution < -0.4 is 0 Å². The largest absolute Gasteiger partial charge is 0.460 e. The van der Waals surface area contributed by atoms with Crippen LogP contribution in [0.5, 0.6) is 0 Å². The monoisotopic (exact) mass is 208 g/mol. The quantitative estimate of drug-likeness (QED) is 0.604. The predicted octanol–water partition coefficient (Wildman–Crippen LogP) is 1.72. The van der Waals surface area contributed by atoms with Crippen molar-refractivity contribution < 1.29 is 4.42 Å². The van der Waals surface area contributed by atoms with Crippen molar-refractivity contribution in [2.75, 3.05) is 0 Å². The van der Waals surface area contributed by atoms with Crippen molar-refractivity contribution in [2.24, 2.45) is 5.10 Å². The molecule has 2 heterocycles. The summed E-state index contributed by atoms with van der Waals surface area (Å²) in [5.74, 6) is 1.54. The average molecular weight is 208 g/mol. The number of hydrogen-bond donors (Lipinski definition) is 1. The van der Waals surface area contributed by atoms with E-state index in [0.717, 1.165) is 5.76 Å². The summed E-state index contributed by atoms with van der Waals surface area (Å²) in [7, 11) is 0. The van der Waals surface area contributed by atoms with Crippen LogP contribution in [0, 0.1) is 11.7 Å². The minimum absolute atomic E-state index is 0.449. The Bertz CT molecular complexity index is 507. The van der Waals surface area contributed by atoms with Gasteiger partial charge in [0.25, 0.3) is 0 Å². The van der Waals surface area contributed by atoms with E-state index in [1.54, 1.807) is 6.21 Å². The van der Waals surface area contributed by atoms with E-state index in [2.05, 4.69) is 15.3 Å². The summed E-state index contributed by atoms with van der Waals surface area (Å²) >= 11 is 4.91. The molecule has 0 aliphatic rings. The summed E-state index contributed by atoms with van der Waals surface area (Å²) in [5, 5.41) is 10.4. The Kier molecular flexibility index (Phi) is 2.28. The van der Waals surface area contributed by atoms with Gasteiger partial charge >= 0.3 is 0 Å². The maximum atomic E-state index is 5.29. The lowest BCUT2D eigenvalue weighted by Crippen LogP contribution is -1.87. The number of aryl methyl sites for hydroxylation is 1. The lowest BCUT2D eigenvalue weighted by Gasteiger charge is -1.87. The standard InChI is InChI=1S/C8H8N4OS/c1-6-2-3-7(13-6)4-10-12-5-9-11-8(12)14/h2-5H,1H3,(H,11,14)/b10-4-. The highest BCUT2D eigenvalue weighted by Crippen LogP contribution is 2.03. The fourth-order valence-electron chi connectivity index (χ4n) is 0.967. The van der Waals surface area contributed by atoms with Crippen molar-refractivity contribution in [2.45, 2.75) is 6.92 Å². The maximum absolute atomic E-state index is 5.29. The molecule has 2 aromatic rings.